The Balaban J connectivity index is 1.08. The maximum absolute atomic E-state index is 12.5. The molecule has 0 saturated carbocycles. The van der Waals surface area contributed by atoms with Gasteiger partial charge >= 0.3 is 0 Å². The van der Waals surface area contributed by atoms with Crippen LogP contribution in [-0.2, 0) is 11.3 Å². The first-order valence-electron chi connectivity index (χ1n) is 11.5. The molecule has 0 bridgehead atoms. The quantitative estimate of drug-likeness (QED) is 0.262. The standard InChI is InChI=1S/C27H18ClN7O2S/c28-20-5-1-18(2-6-20)23-14-35(34-32-23)15-26(36)30-21-7-3-17(4-8-21)22-13-25(37-33-22)27-31-24(16-38-27)19-9-11-29-12-10-19/h1-14,16H,15H2,(H,30,36). The van der Waals surface area contributed by atoms with Gasteiger partial charge in [0.2, 0.25) is 5.91 Å². The van der Waals surface area contributed by atoms with E-state index in [9.17, 15) is 4.79 Å². The molecule has 0 saturated heterocycles. The first-order chi connectivity index (χ1) is 18.6. The highest BCUT2D eigenvalue weighted by Gasteiger charge is 2.14. The van der Waals surface area contributed by atoms with Crippen molar-refractivity contribution in [2.24, 2.45) is 0 Å². The van der Waals surface area contributed by atoms with Crippen molar-refractivity contribution in [2.75, 3.05) is 5.32 Å². The molecule has 11 heteroatoms. The zero-order chi connectivity index (χ0) is 25.9. The molecule has 0 atom stereocenters. The Kier molecular flexibility index (Phi) is 6.47. The molecule has 4 aromatic heterocycles. The Bertz CT molecular complexity index is 1690. The fraction of sp³-hybridized carbons (Fsp3) is 0.0370. The third kappa shape index (κ3) is 5.22. The van der Waals surface area contributed by atoms with Crippen LogP contribution in [0.3, 0.4) is 0 Å². The summed E-state index contributed by atoms with van der Waals surface area (Å²) >= 11 is 7.42. The molecule has 2 aromatic carbocycles. The monoisotopic (exact) mass is 539 g/mol. The number of nitrogens with zero attached hydrogens (tertiary/aromatic N) is 6. The normalized spacial score (nSPS) is 11.0. The minimum absolute atomic E-state index is 0.0320. The van der Waals surface area contributed by atoms with Crippen molar-refractivity contribution in [3.8, 4) is 44.5 Å². The van der Waals surface area contributed by atoms with E-state index in [4.69, 9.17) is 16.1 Å². The third-order valence-electron chi connectivity index (χ3n) is 5.65. The van der Waals surface area contributed by atoms with Crippen molar-refractivity contribution in [1.82, 2.24) is 30.1 Å². The SMILES string of the molecule is O=C(Cn1cc(-c2ccc(Cl)cc2)nn1)Nc1ccc(-c2cc(-c3nc(-c4ccncc4)cs3)on2)cc1. The summed E-state index contributed by atoms with van der Waals surface area (Å²) in [6.45, 7) is 0.0320. The number of carbonyl (C=O) groups excluding carboxylic acids is 1. The lowest BCUT2D eigenvalue weighted by Crippen LogP contribution is -2.19. The summed E-state index contributed by atoms with van der Waals surface area (Å²) in [6, 6.07) is 20.3. The maximum Gasteiger partial charge on any atom is 0.246 e. The molecule has 186 valence electrons. The molecular weight excluding hydrogens is 522 g/mol. The summed E-state index contributed by atoms with van der Waals surface area (Å²) in [5.74, 6) is 0.372. The fourth-order valence-corrected chi connectivity index (χ4v) is 4.66. The molecule has 0 unspecified atom stereocenters. The second-order valence-corrected chi connectivity index (χ2v) is 9.58. The first-order valence-corrected chi connectivity index (χ1v) is 12.8. The molecule has 4 heterocycles. The topological polar surface area (TPSA) is 112 Å². The van der Waals surface area contributed by atoms with Crippen molar-refractivity contribution in [3.63, 3.8) is 0 Å². The predicted molar refractivity (Wildman–Crippen MR) is 145 cm³/mol. The lowest BCUT2D eigenvalue weighted by atomic mass is 10.1. The van der Waals surface area contributed by atoms with Gasteiger partial charge in [0, 0.05) is 51.2 Å². The van der Waals surface area contributed by atoms with Crippen LogP contribution in [0.1, 0.15) is 0 Å². The molecule has 38 heavy (non-hydrogen) atoms. The van der Waals surface area contributed by atoms with Gasteiger partial charge in [0.05, 0.1) is 11.9 Å². The number of hydrogen-bond acceptors (Lipinski definition) is 8. The van der Waals surface area contributed by atoms with Crippen LogP contribution in [-0.4, -0.2) is 36.0 Å². The number of thiazole rings is 1. The van der Waals surface area contributed by atoms with Crippen LogP contribution in [0.2, 0.25) is 5.02 Å². The van der Waals surface area contributed by atoms with E-state index in [1.165, 1.54) is 16.0 Å². The summed E-state index contributed by atoms with van der Waals surface area (Å²) < 4.78 is 7.04. The highest BCUT2D eigenvalue weighted by molar-refractivity contribution is 7.13. The van der Waals surface area contributed by atoms with Gasteiger partial charge in [-0.3, -0.25) is 9.78 Å². The minimum atomic E-state index is -0.220. The number of benzene rings is 2. The molecular formula is C27H18ClN7O2S. The van der Waals surface area contributed by atoms with Crippen molar-refractivity contribution in [3.05, 3.63) is 95.7 Å². The number of halogens is 1. The highest BCUT2D eigenvalue weighted by Crippen LogP contribution is 2.31. The Hall–Kier alpha value is -4.67. The molecule has 0 aliphatic heterocycles. The minimum Gasteiger partial charge on any atom is -0.353 e. The summed E-state index contributed by atoms with van der Waals surface area (Å²) in [5.41, 5.74) is 5.57. The summed E-state index contributed by atoms with van der Waals surface area (Å²) in [5, 5.41) is 18.6. The van der Waals surface area contributed by atoms with E-state index in [2.05, 4.69) is 30.8 Å². The summed E-state index contributed by atoms with van der Waals surface area (Å²) in [6.07, 6.45) is 5.19. The van der Waals surface area contributed by atoms with E-state index in [0.29, 0.717) is 27.9 Å². The first kappa shape index (κ1) is 23.7. The molecule has 9 nitrogen and oxygen atoms in total. The predicted octanol–water partition coefficient (Wildman–Crippen LogP) is 6.08. The van der Waals surface area contributed by atoms with Crippen molar-refractivity contribution in [1.29, 1.82) is 0 Å². The molecule has 0 radical (unpaired) electrons. The molecule has 0 spiro atoms. The number of pyridine rings is 1. The third-order valence-corrected chi connectivity index (χ3v) is 6.76. The van der Waals surface area contributed by atoms with Gasteiger partial charge in [0.25, 0.3) is 0 Å². The van der Waals surface area contributed by atoms with E-state index in [1.807, 2.05) is 60.0 Å². The average molecular weight is 540 g/mol. The van der Waals surface area contributed by atoms with Gasteiger partial charge in [-0.15, -0.1) is 16.4 Å². The lowest BCUT2D eigenvalue weighted by Gasteiger charge is -2.05. The smallest absolute Gasteiger partial charge is 0.246 e. The van der Waals surface area contributed by atoms with Gasteiger partial charge in [-0.25, -0.2) is 9.67 Å². The van der Waals surface area contributed by atoms with E-state index < -0.39 is 0 Å². The molecule has 1 amide bonds. The Morgan fingerprint density at radius 3 is 2.42 bits per heavy atom. The van der Waals surface area contributed by atoms with Crippen LogP contribution in [0, 0.1) is 0 Å². The largest absolute Gasteiger partial charge is 0.353 e. The van der Waals surface area contributed by atoms with Gasteiger partial charge in [-0.1, -0.05) is 46.2 Å². The number of amides is 1. The average Bonchev–Trinajstić information content (AvgIpc) is 3.71. The van der Waals surface area contributed by atoms with Gasteiger partial charge < -0.3 is 9.84 Å². The Morgan fingerprint density at radius 2 is 1.63 bits per heavy atom. The Labute approximate surface area is 225 Å². The Morgan fingerprint density at radius 1 is 0.921 bits per heavy atom. The van der Waals surface area contributed by atoms with Gasteiger partial charge in [0.1, 0.15) is 17.9 Å². The molecule has 0 fully saturated rings. The van der Waals surface area contributed by atoms with E-state index in [1.54, 1.807) is 30.7 Å². The number of nitrogens with one attached hydrogen (secondary N) is 1. The number of rotatable bonds is 7. The maximum atomic E-state index is 12.5. The second-order valence-electron chi connectivity index (χ2n) is 8.28. The van der Waals surface area contributed by atoms with Crippen molar-refractivity contribution in [2.45, 2.75) is 6.54 Å². The number of anilines is 1. The number of aromatic nitrogens is 6. The van der Waals surface area contributed by atoms with Crippen LogP contribution in [0.5, 0.6) is 0 Å². The van der Waals surface area contributed by atoms with Gasteiger partial charge in [-0.2, -0.15) is 0 Å². The highest BCUT2D eigenvalue weighted by atomic mass is 35.5. The van der Waals surface area contributed by atoms with E-state index in [0.717, 1.165) is 27.4 Å². The van der Waals surface area contributed by atoms with E-state index in [-0.39, 0.29) is 12.5 Å². The molecule has 1 N–H and O–H groups in total. The lowest BCUT2D eigenvalue weighted by molar-refractivity contribution is -0.116. The van der Waals surface area contributed by atoms with Crippen LogP contribution in [0.25, 0.3) is 44.5 Å². The van der Waals surface area contributed by atoms with Crippen molar-refractivity contribution >= 4 is 34.5 Å². The number of hydrogen-bond donors (Lipinski definition) is 1. The van der Waals surface area contributed by atoms with Crippen LogP contribution >= 0.6 is 22.9 Å². The second kappa shape index (κ2) is 10.4. The van der Waals surface area contributed by atoms with Crippen molar-refractivity contribution < 1.29 is 9.32 Å². The zero-order valence-corrected chi connectivity index (χ0v) is 21.2. The van der Waals surface area contributed by atoms with Crippen LogP contribution < -0.4 is 5.32 Å². The van der Waals surface area contributed by atoms with E-state index >= 15 is 0 Å². The van der Waals surface area contributed by atoms with Gasteiger partial charge in [0.15, 0.2) is 10.8 Å². The summed E-state index contributed by atoms with van der Waals surface area (Å²) in [7, 11) is 0. The number of carbonyl (C=O) groups is 1. The van der Waals surface area contributed by atoms with Gasteiger partial charge in [-0.05, 0) is 36.4 Å². The summed E-state index contributed by atoms with van der Waals surface area (Å²) in [4.78, 5) is 21.2. The molecule has 6 aromatic rings. The molecule has 6 rings (SSSR count). The molecule has 0 aliphatic carbocycles. The zero-order valence-electron chi connectivity index (χ0n) is 19.7. The fourth-order valence-electron chi connectivity index (χ4n) is 3.75. The van der Waals surface area contributed by atoms with Crippen LogP contribution in [0.15, 0.2) is 95.2 Å². The van der Waals surface area contributed by atoms with Crippen LogP contribution in [0.4, 0.5) is 5.69 Å². The molecule has 0 aliphatic rings.